The van der Waals surface area contributed by atoms with Gasteiger partial charge in [-0.2, -0.15) is 0 Å². The molecule has 17 heavy (non-hydrogen) atoms. The number of carbonyl (C=O) groups excluding carboxylic acids is 1. The Balaban J connectivity index is 2.33. The number of rotatable bonds is 2. The summed E-state index contributed by atoms with van der Waals surface area (Å²) in [5.41, 5.74) is 1.16. The van der Waals surface area contributed by atoms with Crippen LogP contribution in [0.3, 0.4) is 0 Å². The van der Waals surface area contributed by atoms with Gasteiger partial charge in [-0.05, 0) is 39.7 Å². The molecule has 0 saturated carbocycles. The molecule has 1 heterocycles. The number of carbonyl (C=O) groups is 1. The molecule has 0 aromatic heterocycles. The fraction of sp³-hybridized carbons (Fsp3) is 0.167. The van der Waals surface area contributed by atoms with Crippen molar-refractivity contribution in [3.63, 3.8) is 0 Å². The molecule has 0 N–H and O–H groups in total. The number of nitrogens with zero attached hydrogens (tertiary/aromatic N) is 1. The Morgan fingerprint density at radius 3 is 2.76 bits per heavy atom. The summed E-state index contributed by atoms with van der Waals surface area (Å²) >= 11 is 3.38. The van der Waals surface area contributed by atoms with Gasteiger partial charge in [-0.1, -0.05) is 6.07 Å². The summed E-state index contributed by atoms with van der Waals surface area (Å²) in [6, 6.07) is 5.50. The van der Waals surface area contributed by atoms with Gasteiger partial charge in [-0.15, -0.1) is 0 Å². The first-order valence-electron chi connectivity index (χ1n) is 4.93. The summed E-state index contributed by atoms with van der Waals surface area (Å²) in [5.74, 6) is 0.684. The van der Waals surface area contributed by atoms with Crippen LogP contribution in [0.1, 0.15) is 12.5 Å². The molecule has 1 aliphatic rings. The highest BCUT2D eigenvalue weighted by atomic mass is 79.9. The molecule has 0 atom stereocenters. The normalized spacial score (nSPS) is 17.0. The van der Waals surface area contributed by atoms with Crippen LogP contribution in [0.5, 0.6) is 5.75 Å². The van der Waals surface area contributed by atoms with Crippen LogP contribution in [-0.2, 0) is 9.53 Å². The molecule has 0 aliphatic carbocycles. The second kappa shape index (κ2) is 4.71. The maximum Gasteiger partial charge on any atom is 0.363 e. The Morgan fingerprint density at radius 2 is 2.24 bits per heavy atom. The minimum absolute atomic E-state index is 0.305. The summed E-state index contributed by atoms with van der Waals surface area (Å²) < 4.78 is 10.8. The van der Waals surface area contributed by atoms with E-state index < -0.39 is 5.97 Å². The molecule has 0 saturated heterocycles. The van der Waals surface area contributed by atoms with Crippen molar-refractivity contribution in [3.05, 3.63) is 33.9 Å². The van der Waals surface area contributed by atoms with Crippen molar-refractivity contribution in [3.8, 4) is 5.75 Å². The van der Waals surface area contributed by atoms with Gasteiger partial charge in [0.25, 0.3) is 0 Å². The van der Waals surface area contributed by atoms with Crippen molar-refractivity contribution in [2.24, 2.45) is 4.99 Å². The quantitative estimate of drug-likeness (QED) is 0.623. The first kappa shape index (κ1) is 11.9. The van der Waals surface area contributed by atoms with Crippen LogP contribution < -0.4 is 4.74 Å². The molecule has 4 nitrogen and oxygen atoms in total. The van der Waals surface area contributed by atoms with Crippen molar-refractivity contribution >= 4 is 33.9 Å². The lowest BCUT2D eigenvalue weighted by molar-refractivity contribution is -0.130. The second-order valence-corrected chi connectivity index (χ2v) is 4.30. The van der Waals surface area contributed by atoms with Gasteiger partial charge in [0.15, 0.2) is 11.6 Å². The third-order valence-corrected chi connectivity index (χ3v) is 2.83. The Bertz CT molecular complexity index is 535. The number of cyclic esters (lactones) is 1. The van der Waals surface area contributed by atoms with E-state index in [2.05, 4.69) is 20.9 Å². The summed E-state index contributed by atoms with van der Waals surface area (Å²) in [4.78, 5) is 15.4. The van der Waals surface area contributed by atoms with Crippen LogP contribution in [-0.4, -0.2) is 19.0 Å². The molecule has 1 aliphatic heterocycles. The average Bonchev–Trinajstić information content (AvgIpc) is 2.58. The third kappa shape index (κ3) is 2.55. The topological polar surface area (TPSA) is 47.9 Å². The summed E-state index contributed by atoms with van der Waals surface area (Å²) in [7, 11) is 1.60. The molecule has 0 radical (unpaired) electrons. The van der Waals surface area contributed by atoms with E-state index in [-0.39, 0.29) is 0 Å². The number of esters is 1. The molecule has 88 valence electrons. The summed E-state index contributed by atoms with van der Waals surface area (Å²) in [6.45, 7) is 1.64. The molecule has 1 aromatic rings. The van der Waals surface area contributed by atoms with Crippen molar-refractivity contribution in [2.75, 3.05) is 7.11 Å². The predicted molar refractivity (Wildman–Crippen MR) is 67.9 cm³/mol. The molecular formula is C12H10BrNO3. The molecule has 2 rings (SSSR count). The Labute approximate surface area is 107 Å². The number of aliphatic imine (C=N–C) groups is 1. The first-order chi connectivity index (χ1) is 8.10. The van der Waals surface area contributed by atoms with E-state index in [4.69, 9.17) is 9.47 Å². The Morgan fingerprint density at radius 1 is 1.47 bits per heavy atom. The predicted octanol–water partition coefficient (Wildman–Crippen LogP) is 2.77. The van der Waals surface area contributed by atoms with Crippen LogP contribution in [0.2, 0.25) is 0 Å². The van der Waals surface area contributed by atoms with E-state index in [1.807, 2.05) is 18.2 Å². The number of methoxy groups -OCH3 is 1. The van der Waals surface area contributed by atoms with Gasteiger partial charge < -0.3 is 9.47 Å². The minimum Gasteiger partial charge on any atom is -0.496 e. The number of hydrogen-bond donors (Lipinski definition) is 0. The zero-order valence-corrected chi connectivity index (χ0v) is 10.9. The third-order valence-electron chi connectivity index (χ3n) is 2.21. The number of ether oxygens (including phenoxy) is 2. The van der Waals surface area contributed by atoms with Gasteiger partial charge in [-0.3, -0.25) is 0 Å². The standard InChI is InChI=1S/C12H10BrNO3/c1-7-14-10(12(15)17-7)6-8-3-4-11(16-2)9(13)5-8/h3-6H,1-2H3. The highest BCUT2D eigenvalue weighted by Gasteiger charge is 2.19. The smallest absolute Gasteiger partial charge is 0.363 e. The molecule has 0 spiro atoms. The summed E-state index contributed by atoms with van der Waals surface area (Å²) in [6.07, 6.45) is 1.67. The molecule has 0 amide bonds. The molecule has 0 unspecified atom stereocenters. The lowest BCUT2D eigenvalue weighted by Crippen LogP contribution is -1.99. The molecule has 1 aromatic carbocycles. The van der Waals surface area contributed by atoms with E-state index >= 15 is 0 Å². The molecular weight excluding hydrogens is 286 g/mol. The maximum atomic E-state index is 11.4. The van der Waals surface area contributed by atoms with Gasteiger partial charge in [0.1, 0.15) is 5.75 Å². The number of halogens is 1. The first-order valence-corrected chi connectivity index (χ1v) is 5.72. The molecule has 0 bridgehead atoms. The fourth-order valence-electron chi connectivity index (χ4n) is 1.45. The molecule has 5 heteroatoms. The minimum atomic E-state index is -0.422. The monoisotopic (exact) mass is 295 g/mol. The van der Waals surface area contributed by atoms with Gasteiger partial charge in [0.2, 0.25) is 0 Å². The highest BCUT2D eigenvalue weighted by Crippen LogP contribution is 2.27. The second-order valence-electron chi connectivity index (χ2n) is 3.44. The van der Waals surface area contributed by atoms with E-state index in [0.29, 0.717) is 11.6 Å². The van der Waals surface area contributed by atoms with Crippen molar-refractivity contribution in [2.45, 2.75) is 6.92 Å². The maximum absolute atomic E-state index is 11.4. The van der Waals surface area contributed by atoms with Crippen molar-refractivity contribution in [1.82, 2.24) is 0 Å². The van der Waals surface area contributed by atoms with Gasteiger partial charge in [0.05, 0.1) is 11.6 Å². The largest absolute Gasteiger partial charge is 0.496 e. The van der Waals surface area contributed by atoms with Crippen LogP contribution in [0.4, 0.5) is 0 Å². The Kier molecular flexibility index (Phi) is 3.28. The van der Waals surface area contributed by atoms with Crippen LogP contribution in [0, 0.1) is 0 Å². The van der Waals surface area contributed by atoms with Crippen LogP contribution in [0.15, 0.2) is 33.4 Å². The fourth-order valence-corrected chi connectivity index (χ4v) is 2.00. The van der Waals surface area contributed by atoms with E-state index in [9.17, 15) is 4.79 Å². The highest BCUT2D eigenvalue weighted by molar-refractivity contribution is 9.10. The van der Waals surface area contributed by atoms with E-state index in [1.54, 1.807) is 20.1 Å². The van der Waals surface area contributed by atoms with Crippen molar-refractivity contribution in [1.29, 1.82) is 0 Å². The lowest BCUT2D eigenvalue weighted by atomic mass is 10.2. The average molecular weight is 296 g/mol. The zero-order chi connectivity index (χ0) is 12.4. The van der Waals surface area contributed by atoms with Gasteiger partial charge >= 0.3 is 5.97 Å². The van der Waals surface area contributed by atoms with E-state index in [0.717, 1.165) is 15.8 Å². The molecule has 0 fully saturated rings. The SMILES string of the molecule is COc1ccc(C=C2N=C(C)OC2=O)cc1Br. The summed E-state index contributed by atoms with van der Waals surface area (Å²) in [5, 5.41) is 0. The Hall–Kier alpha value is -1.62. The van der Waals surface area contributed by atoms with Crippen molar-refractivity contribution < 1.29 is 14.3 Å². The van der Waals surface area contributed by atoms with Gasteiger partial charge in [-0.25, -0.2) is 9.79 Å². The number of benzene rings is 1. The zero-order valence-electron chi connectivity index (χ0n) is 9.36. The van der Waals surface area contributed by atoms with Crippen LogP contribution >= 0.6 is 15.9 Å². The van der Waals surface area contributed by atoms with Crippen LogP contribution in [0.25, 0.3) is 6.08 Å². The lowest BCUT2D eigenvalue weighted by Gasteiger charge is -2.03. The number of hydrogen-bond acceptors (Lipinski definition) is 4. The van der Waals surface area contributed by atoms with E-state index in [1.165, 1.54) is 0 Å². The van der Waals surface area contributed by atoms with Gasteiger partial charge in [0, 0.05) is 6.92 Å².